The van der Waals surface area contributed by atoms with Gasteiger partial charge in [-0.1, -0.05) is 19.9 Å². The van der Waals surface area contributed by atoms with Gasteiger partial charge < -0.3 is 35.0 Å². The summed E-state index contributed by atoms with van der Waals surface area (Å²) in [6, 6.07) is 3.08. The third-order valence-electron chi connectivity index (χ3n) is 8.55. The van der Waals surface area contributed by atoms with Gasteiger partial charge >= 0.3 is 11.9 Å². The molecule has 0 aromatic heterocycles. The van der Waals surface area contributed by atoms with Crippen LogP contribution in [-0.2, 0) is 31.0 Å². The highest BCUT2D eigenvalue weighted by Gasteiger charge is 2.72. The molecule has 0 unspecified atom stereocenters. The third kappa shape index (κ3) is 4.31. The minimum absolute atomic E-state index is 0.0438. The fraction of sp³-hybridized carbons (Fsp3) is 0.630. The number of piperidine rings is 1. The van der Waals surface area contributed by atoms with Crippen LogP contribution in [-0.4, -0.2) is 88.3 Å². The van der Waals surface area contributed by atoms with Crippen molar-refractivity contribution in [1.29, 1.82) is 0 Å². The first-order valence-corrected chi connectivity index (χ1v) is 12.9. The lowest BCUT2D eigenvalue weighted by Gasteiger charge is -2.62. The maximum atomic E-state index is 12.7. The van der Waals surface area contributed by atoms with Crippen molar-refractivity contribution in [2.45, 2.75) is 81.6 Å². The van der Waals surface area contributed by atoms with E-state index in [1.54, 1.807) is 21.0 Å². The Bertz CT molecular complexity index is 1150. The van der Waals surface area contributed by atoms with Crippen LogP contribution in [0.4, 0.5) is 0 Å². The fourth-order valence-electron chi connectivity index (χ4n) is 6.66. The van der Waals surface area contributed by atoms with E-state index in [1.807, 2.05) is 6.07 Å². The molecule has 2 aliphatic heterocycles. The van der Waals surface area contributed by atoms with E-state index in [-0.39, 0.29) is 30.6 Å². The van der Waals surface area contributed by atoms with Gasteiger partial charge in [0.05, 0.1) is 24.5 Å². The molecule has 4 aliphatic rings. The summed E-state index contributed by atoms with van der Waals surface area (Å²) in [5.74, 6) is -1.53. The number of carboxylic acids is 2. The number of rotatable bonds is 7. The number of hydrogen-bond acceptors (Lipinski definition) is 8. The average Bonchev–Trinajstić information content (AvgIpc) is 3.22. The molecule has 4 N–H and O–H groups in total. The van der Waals surface area contributed by atoms with Crippen molar-refractivity contribution in [1.82, 2.24) is 10.2 Å². The smallest absolute Gasteiger partial charge is 0.326 e. The van der Waals surface area contributed by atoms with Crippen molar-refractivity contribution in [3.63, 3.8) is 0 Å². The number of nitrogens with one attached hydrogen (secondary N) is 1. The topological polar surface area (TPSA) is 163 Å². The maximum absolute atomic E-state index is 12.7. The van der Waals surface area contributed by atoms with Crippen LogP contribution in [0.15, 0.2) is 12.1 Å². The molecular weight excluding hydrogens is 496 g/mol. The van der Waals surface area contributed by atoms with Crippen molar-refractivity contribution >= 4 is 23.6 Å². The van der Waals surface area contributed by atoms with Crippen LogP contribution in [0.25, 0.3) is 0 Å². The van der Waals surface area contributed by atoms with E-state index in [0.717, 1.165) is 24.9 Å². The number of carboxylic acid groups (broad SMARTS) is 2. The Labute approximate surface area is 221 Å². The molecule has 11 nitrogen and oxygen atoms in total. The van der Waals surface area contributed by atoms with Crippen molar-refractivity contribution in [2.24, 2.45) is 5.92 Å². The zero-order valence-corrected chi connectivity index (χ0v) is 22.2. The number of likely N-dealkylation sites (N-methyl/N-ethyl adjacent to an activating group) is 1. The lowest BCUT2D eigenvalue weighted by Crippen LogP contribution is -2.76. The van der Waals surface area contributed by atoms with Gasteiger partial charge in [0, 0.05) is 24.4 Å². The molecule has 5 rings (SSSR count). The maximum Gasteiger partial charge on any atom is 0.326 e. The zero-order valence-electron chi connectivity index (χ0n) is 22.2. The van der Waals surface area contributed by atoms with E-state index < -0.39 is 41.0 Å². The van der Waals surface area contributed by atoms with Crippen LogP contribution >= 0.6 is 0 Å². The number of benzene rings is 1. The van der Waals surface area contributed by atoms with Crippen molar-refractivity contribution in [3.05, 3.63) is 23.3 Å². The number of carbonyl (C=O) groups excluding carboxylic acids is 2. The summed E-state index contributed by atoms with van der Waals surface area (Å²) in [6.07, 6.45) is 1.39. The second-order valence-electron chi connectivity index (χ2n) is 11.0. The van der Waals surface area contributed by atoms with Gasteiger partial charge in [-0.3, -0.25) is 14.4 Å². The first kappa shape index (κ1) is 27.8. The molecule has 2 bridgehead atoms. The van der Waals surface area contributed by atoms with Crippen molar-refractivity contribution in [2.75, 3.05) is 20.7 Å². The number of hydrogen-bond donors (Lipinski definition) is 4. The summed E-state index contributed by atoms with van der Waals surface area (Å²) in [5, 5.41) is 31.1. The standard InChI is InChI=1S/C18H21NO4.C9H15NO5/c1-19-8-7-17-14-10-3-4-12(22-2)15(14)23-16(17)11(20)5-6-18(17,21)13(19)9-10;1-5(2)8(9(14)15)10-6(11)3-4-7(12)13/h3-4,13,16,21H,5-9H2,1-2H3;5,8H,3-4H2,1-2H3,(H,10,11)(H,12,13)(H,14,15)/t13-,16+,17+,18-;8-/m10/s1. The van der Waals surface area contributed by atoms with Gasteiger partial charge in [-0.25, -0.2) is 4.79 Å². The lowest BCUT2D eigenvalue weighted by atomic mass is 9.49. The van der Waals surface area contributed by atoms with Gasteiger partial charge in [0.1, 0.15) is 6.04 Å². The number of carbonyl (C=O) groups is 4. The van der Waals surface area contributed by atoms with Crippen LogP contribution in [0.5, 0.6) is 11.5 Å². The Balaban J connectivity index is 0.000000198. The SMILES string of the molecule is CC(C)[C@H](NC(=O)CCC(=O)O)C(=O)O.COc1ccc2c3c1O[C@H]1C(=O)CC[C@@]4(O)[C@@H](C2)N(C)CC[C@]314. The minimum atomic E-state index is -1.12. The first-order chi connectivity index (χ1) is 17.9. The van der Waals surface area contributed by atoms with Gasteiger partial charge in [-0.05, 0) is 50.4 Å². The predicted molar refractivity (Wildman–Crippen MR) is 134 cm³/mol. The van der Waals surface area contributed by atoms with E-state index in [0.29, 0.717) is 24.3 Å². The molecule has 5 atom stereocenters. The number of likely N-dealkylation sites (tertiary alicyclic amines) is 1. The van der Waals surface area contributed by atoms with Crippen LogP contribution in [0.3, 0.4) is 0 Å². The zero-order chi connectivity index (χ0) is 28.0. The van der Waals surface area contributed by atoms with Crippen LogP contribution in [0.1, 0.15) is 57.1 Å². The number of amides is 1. The Morgan fingerprint density at radius 1 is 1.21 bits per heavy atom. The molecule has 1 aromatic carbocycles. The summed E-state index contributed by atoms with van der Waals surface area (Å²) in [5.41, 5.74) is 0.737. The van der Waals surface area contributed by atoms with Crippen LogP contribution in [0.2, 0.25) is 0 Å². The molecule has 38 heavy (non-hydrogen) atoms. The molecular formula is C27H36N2O9. The number of Topliss-reactive ketones (excluding diaryl/α,β-unsaturated/α-hetero) is 1. The lowest BCUT2D eigenvalue weighted by molar-refractivity contribution is -0.185. The third-order valence-corrected chi connectivity index (χ3v) is 8.55. The second kappa shape index (κ2) is 10.2. The highest BCUT2D eigenvalue weighted by Crippen LogP contribution is 2.64. The Morgan fingerprint density at radius 2 is 1.92 bits per heavy atom. The number of ether oxygens (including phenoxy) is 2. The average molecular weight is 533 g/mol. The molecule has 1 amide bonds. The Hall–Kier alpha value is -3.18. The monoisotopic (exact) mass is 532 g/mol. The summed E-state index contributed by atoms with van der Waals surface area (Å²) >= 11 is 0. The quantitative estimate of drug-likeness (QED) is 0.400. The fourth-order valence-corrected chi connectivity index (χ4v) is 6.66. The van der Waals surface area contributed by atoms with Crippen LogP contribution < -0.4 is 14.8 Å². The largest absolute Gasteiger partial charge is 0.493 e. The highest BCUT2D eigenvalue weighted by molar-refractivity contribution is 5.90. The van der Waals surface area contributed by atoms with Crippen LogP contribution in [0, 0.1) is 5.92 Å². The van der Waals surface area contributed by atoms with E-state index >= 15 is 0 Å². The molecule has 11 heteroatoms. The van der Waals surface area contributed by atoms with Gasteiger partial charge in [0.2, 0.25) is 5.91 Å². The predicted octanol–water partition coefficient (Wildman–Crippen LogP) is 1.12. The Morgan fingerprint density at radius 3 is 2.53 bits per heavy atom. The summed E-state index contributed by atoms with van der Waals surface area (Å²) in [7, 11) is 3.70. The molecule has 1 spiro atoms. The van der Waals surface area contributed by atoms with Gasteiger partial charge in [0.25, 0.3) is 0 Å². The molecule has 1 saturated carbocycles. The van der Waals surface area contributed by atoms with E-state index in [2.05, 4.69) is 23.3 Å². The van der Waals surface area contributed by atoms with E-state index in [1.165, 1.54) is 5.56 Å². The minimum Gasteiger partial charge on any atom is -0.493 e. The summed E-state index contributed by atoms with van der Waals surface area (Å²) in [6.45, 7) is 4.20. The molecule has 2 heterocycles. The summed E-state index contributed by atoms with van der Waals surface area (Å²) in [4.78, 5) is 46.9. The Kier molecular flexibility index (Phi) is 7.46. The summed E-state index contributed by atoms with van der Waals surface area (Å²) < 4.78 is 11.6. The normalized spacial score (nSPS) is 29.4. The van der Waals surface area contributed by atoms with E-state index in [9.17, 15) is 24.3 Å². The molecule has 0 radical (unpaired) electrons. The highest BCUT2D eigenvalue weighted by atomic mass is 16.5. The van der Waals surface area contributed by atoms with Gasteiger partial charge in [0.15, 0.2) is 23.4 Å². The molecule has 1 saturated heterocycles. The second-order valence-corrected chi connectivity index (χ2v) is 11.0. The van der Waals surface area contributed by atoms with Gasteiger partial charge in [-0.2, -0.15) is 0 Å². The van der Waals surface area contributed by atoms with Crippen molar-refractivity contribution in [3.8, 4) is 11.5 Å². The number of aliphatic carboxylic acids is 2. The van der Waals surface area contributed by atoms with Gasteiger partial charge in [-0.15, -0.1) is 0 Å². The van der Waals surface area contributed by atoms with Crippen molar-refractivity contribution < 1.29 is 44.0 Å². The number of nitrogens with zero attached hydrogens (tertiary/aromatic N) is 1. The van der Waals surface area contributed by atoms with E-state index in [4.69, 9.17) is 19.7 Å². The molecule has 2 aliphatic carbocycles. The molecule has 2 fully saturated rings. The number of ketones is 1. The number of methoxy groups -OCH3 is 1. The molecule has 1 aromatic rings. The first-order valence-electron chi connectivity index (χ1n) is 12.9. The molecule has 208 valence electrons. The number of aliphatic hydroxyl groups is 1.